The third-order valence-corrected chi connectivity index (χ3v) is 2.05. The van der Waals surface area contributed by atoms with E-state index in [-0.39, 0.29) is 6.10 Å². The smallest absolute Gasteiger partial charge is 0.434 e. The first-order chi connectivity index (χ1) is 6.10. The zero-order chi connectivity index (χ0) is 10.3. The van der Waals surface area contributed by atoms with Crippen molar-refractivity contribution in [3.63, 3.8) is 0 Å². The summed E-state index contributed by atoms with van der Waals surface area (Å²) in [6.45, 7) is 8.37. The molecule has 0 rings (SSSR count). The first-order valence-corrected chi connectivity index (χ1v) is 4.93. The second kappa shape index (κ2) is 6.75. The lowest BCUT2D eigenvalue weighted by Gasteiger charge is -2.12. The molecule has 1 unspecified atom stereocenters. The molecule has 0 aliphatic heterocycles. The second-order valence-corrected chi connectivity index (χ2v) is 3.41. The molecular weight excluding hydrogens is 168 g/mol. The van der Waals surface area contributed by atoms with Crippen LogP contribution in [0.15, 0.2) is 0 Å². The summed E-state index contributed by atoms with van der Waals surface area (Å²) in [6.07, 6.45) is 1.23. The third-order valence-electron chi connectivity index (χ3n) is 2.05. The molecule has 0 aromatic heterocycles. The fraction of sp³-hybridized carbons (Fsp3) is 0.900. The minimum absolute atomic E-state index is 0.0515. The van der Waals surface area contributed by atoms with Crippen LogP contribution in [-0.4, -0.2) is 18.9 Å². The molecule has 0 aliphatic carbocycles. The van der Waals surface area contributed by atoms with E-state index in [9.17, 15) is 4.79 Å². The van der Waals surface area contributed by atoms with Crippen LogP contribution in [0.4, 0.5) is 4.79 Å². The molecule has 0 amide bonds. The highest BCUT2D eigenvalue weighted by molar-refractivity contribution is 5.60. The Balaban J connectivity index is 3.51. The highest BCUT2D eigenvalue weighted by atomic mass is 16.7. The van der Waals surface area contributed by atoms with Crippen molar-refractivity contribution in [2.75, 3.05) is 6.61 Å². The van der Waals surface area contributed by atoms with Crippen molar-refractivity contribution in [2.45, 2.75) is 46.6 Å². The molecular formula is C10H20O3. The summed E-state index contributed by atoms with van der Waals surface area (Å²) < 4.78 is 9.84. The standard InChI is InChI=1S/C10H20O3/c1-5-8(3)7-12-10(11)13-9(4)6-2/h8-9H,5-7H2,1-4H3/t8?,9-/m0/s1. The van der Waals surface area contributed by atoms with E-state index in [1.54, 1.807) is 0 Å². The molecule has 0 heterocycles. The van der Waals surface area contributed by atoms with E-state index in [0.717, 1.165) is 12.8 Å². The minimum atomic E-state index is -0.547. The number of rotatable bonds is 5. The fourth-order valence-corrected chi connectivity index (χ4v) is 0.610. The summed E-state index contributed by atoms with van der Waals surface area (Å²) in [5, 5.41) is 0. The predicted molar refractivity (Wildman–Crippen MR) is 51.6 cm³/mol. The molecule has 0 saturated carbocycles. The van der Waals surface area contributed by atoms with Gasteiger partial charge in [0.15, 0.2) is 0 Å². The number of carbonyl (C=O) groups excluding carboxylic acids is 1. The van der Waals surface area contributed by atoms with Gasteiger partial charge in [-0.15, -0.1) is 0 Å². The van der Waals surface area contributed by atoms with Crippen LogP contribution < -0.4 is 0 Å². The highest BCUT2D eigenvalue weighted by Gasteiger charge is 2.09. The minimum Gasteiger partial charge on any atom is -0.434 e. The average molecular weight is 188 g/mol. The van der Waals surface area contributed by atoms with E-state index in [0.29, 0.717) is 12.5 Å². The Labute approximate surface area is 80.4 Å². The third kappa shape index (κ3) is 6.43. The molecule has 0 aliphatic rings. The Morgan fingerprint density at radius 1 is 1.23 bits per heavy atom. The maximum atomic E-state index is 11.0. The summed E-state index contributed by atoms with van der Waals surface area (Å²) in [4.78, 5) is 11.0. The summed E-state index contributed by atoms with van der Waals surface area (Å²) in [5.74, 6) is 0.407. The van der Waals surface area contributed by atoms with Crippen LogP contribution in [0, 0.1) is 5.92 Å². The molecule has 0 spiro atoms. The number of hydrogen-bond donors (Lipinski definition) is 0. The largest absolute Gasteiger partial charge is 0.508 e. The van der Waals surface area contributed by atoms with Gasteiger partial charge in [0.1, 0.15) is 6.10 Å². The van der Waals surface area contributed by atoms with E-state index in [1.165, 1.54) is 0 Å². The van der Waals surface area contributed by atoms with Gasteiger partial charge in [0.25, 0.3) is 0 Å². The number of carbonyl (C=O) groups is 1. The van der Waals surface area contributed by atoms with E-state index >= 15 is 0 Å². The van der Waals surface area contributed by atoms with Gasteiger partial charge in [0.2, 0.25) is 0 Å². The van der Waals surface area contributed by atoms with Crippen molar-refractivity contribution in [1.29, 1.82) is 0 Å². The predicted octanol–water partition coefficient (Wildman–Crippen LogP) is 2.98. The van der Waals surface area contributed by atoms with Crippen molar-refractivity contribution in [3.8, 4) is 0 Å². The van der Waals surface area contributed by atoms with E-state index < -0.39 is 6.16 Å². The van der Waals surface area contributed by atoms with Gasteiger partial charge < -0.3 is 9.47 Å². The first kappa shape index (κ1) is 12.3. The van der Waals surface area contributed by atoms with Crippen LogP contribution in [0.3, 0.4) is 0 Å². The van der Waals surface area contributed by atoms with Crippen molar-refractivity contribution in [3.05, 3.63) is 0 Å². The number of hydrogen-bond acceptors (Lipinski definition) is 3. The average Bonchev–Trinajstić information content (AvgIpc) is 2.13. The monoisotopic (exact) mass is 188 g/mol. The molecule has 3 heteroatoms. The van der Waals surface area contributed by atoms with Gasteiger partial charge in [-0.1, -0.05) is 27.2 Å². The van der Waals surface area contributed by atoms with Gasteiger partial charge in [0.05, 0.1) is 6.61 Å². The molecule has 13 heavy (non-hydrogen) atoms. The molecule has 0 N–H and O–H groups in total. The maximum absolute atomic E-state index is 11.0. The molecule has 0 aromatic rings. The molecule has 0 aromatic carbocycles. The summed E-state index contributed by atoms with van der Waals surface area (Å²) >= 11 is 0. The van der Waals surface area contributed by atoms with E-state index in [2.05, 4.69) is 6.92 Å². The van der Waals surface area contributed by atoms with Crippen LogP contribution in [-0.2, 0) is 9.47 Å². The van der Waals surface area contributed by atoms with Gasteiger partial charge in [-0.05, 0) is 19.3 Å². The quantitative estimate of drug-likeness (QED) is 0.622. The van der Waals surface area contributed by atoms with Crippen molar-refractivity contribution < 1.29 is 14.3 Å². The lowest BCUT2D eigenvalue weighted by Crippen LogP contribution is -2.17. The Hall–Kier alpha value is -0.730. The zero-order valence-electron chi connectivity index (χ0n) is 9.00. The zero-order valence-corrected chi connectivity index (χ0v) is 9.00. The van der Waals surface area contributed by atoms with Crippen molar-refractivity contribution in [2.24, 2.45) is 5.92 Å². The Morgan fingerprint density at radius 3 is 2.31 bits per heavy atom. The van der Waals surface area contributed by atoms with Crippen LogP contribution in [0.2, 0.25) is 0 Å². The summed E-state index contributed by atoms with van der Waals surface area (Å²) in [7, 11) is 0. The first-order valence-electron chi connectivity index (χ1n) is 4.93. The Morgan fingerprint density at radius 2 is 1.85 bits per heavy atom. The Kier molecular flexibility index (Phi) is 6.37. The van der Waals surface area contributed by atoms with Crippen LogP contribution in [0.25, 0.3) is 0 Å². The lowest BCUT2D eigenvalue weighted by molar-refractivity contribution is 0.0206. The molecule has 0 fully saturated rings. The fourth-order valence-electron chi connectivity index (χ4n) is 0.610. The van der Waals surface area contributed by atoms with Gasteiger partial charge in [0, 0.05) is 0 Å². The van der Waals surface area contributed by atoms with Gasteiger partial charge in [-0.25, -0.2) is 4.79 Å². The van der Waals surface area contributed by atoms with Gasteiger partial charge >= 0.3 is 6.16 Å². The van der Waals surface area contributed by atoms with E-state index in [1.807, 2.05) is 20.8 Å². The number of ether oxygens (including phenoxy) is 2. The molecule has 0 bridgehead atoms. The summed E-state index contributed by atoms with van der Waals surface area (Å²) in [5.41, 5.74) is 0. The van der Waals surface area contributed by atoms with Crippen LogP contribution in [0.1, 0.15) is 40.5 Å². The van der Waals surface area contributed by atoms with Crippen molar-refractivity contribution >= 4 is 6.16 Å². The maximum Gasteiger partial charge on any atom is 0.508 e. The molecule has 78 valence electrons. The lowest BCUT2D eigenvalue weighted by atomic mass is 10.1. The highest BCUT2D eigenvalue weighted by Crippen LogP contribution is 2.03. The molecule has 0 radical (unpaired) electrons. The SMILES string of the molecule is CCC(C)COC(=O)O[C@@H](C)CC. The Bertz CT molecular complexity index is 145. The van der Waals surface area contributed by atoms with Crippen molar-refractivity contribution in [1.82, 2.24) is 0 Å². The van der Waals surface area contributed by atoms with Gasteiger partial charge in [-0.3, -0.25) is 0 Å². The topological polar surface area (TPSA) is 35.5 Å². The van der Waals surface area contributed by atoms with Gasteiger partial charge in [-0.2, -0.15) is 0 Å². The van der Waals surface area contributed by atoms with E-state index in [4.69, 9.17) is 9.47 Å². The molecule has 3 nitrogen and oxygen atoms in total. The van der Waals surface area contributed by atoms with Crippen LogP contribution >= 0.6 is 0 Å². The normalized spacial score (nSPS) is 14.8. The second-order valence-electron chi connectivity index (χ2n) is 3.41. The summed E-state index contributed by atoms with van der Waals surface area (Å²) in [6, 6.07) is 0. The molecule has 2 atom stereocenters. The molecule has 0 saturated heterocycles. The van der Waals surface area contributed by atoms with Crippen LogP contribution in [0.5, 0.6) is 0 Å².